The summed E-state index contributed by atoms with van der Waals surface area (Å²) in [5, 5.41) is 32.0. The second-order valence-electron chi connectivity index (χ2n) is 7.49. The molecule has 1 amide bonds. The van der Waals surface area contributed by atoms with Gasteiger partial charge < -0.3 is 30.1 Å². The van der Waals surface area contributed by atoms with Crippen LogP contribution in [0.4, 0.5) is 0 Å². The maximum atomic E-state index is 11.4. The van der Waals surface area contributed by atoms with Gasteiger partial charge in [-0.05, 0) is 6.42 Å². The van der Waals surface area contributed by atoms with Crippen molar-refractivity contribution in [2.24, 2.45) is 0 Å². The molecule has 0 aromatic heterocycles. The molecule has 0 aromatic rings. The molecule has 160 valence electrons. The number of unbranched alkanes of at least 4 members (excludes halogenated alkanes) is 9. The zero-order chi connectivity index (χ0) is 20.1. The molecule has 1 saturated heterocycles. The number of nitrogens with one attached hydrogen (secondary N) is 1. The van der Waals surface area contributed by atoms with Gasteiger partial charge in [-0.3, -0.25) is 4.79 Å². The average Bonchev–Trinajstić information content (AvgIpc) is 2.64. The molecule has 0 unspecified atom stereocenters. The highest BCUT2D eigenvalue weighted by Crippen LogP contribution is 2.22. The molecule has 0 saturated carbocycles. The summed E-state index contributed by atoms with van der Waals surface area (Å²) in [6, 6.07) is -0.858. The van der Waals surface area contributed by atoms with Crippen molar-refractivity contribution in [3.63, 3.8) is 0 Å². The van der Waals surface area contributed by atoms with Crippen LogP contribution >= 0.6 is 0 Å². The van der Waals surface area contributed by atoms with Crippen LogP contribution in [0.3, 0.4) is 0 Å². The summed E-state index contributed by atoms with van der Waals surface area (Å²) in [5.74, 6) is -0.343. The van der Waals surface area contributed by atoms with Crippen LogP contribution in [0.1, 0.15) is 78.1 Å². The van der Waals surface area contributed by atoms with E-state index >= 15 is 0 Å². The van der Waals surface area contributed by atoms with Gasteiger partial charge in [-0.15, -0.1) is 0 Å². The van der Waals surface area contributed by atoms with Crippen molar-refractivity contribution in [2.45, 2.75) is 109 Å². The van der Waals surface area contributed by atoms with Crippen LogP contribution in [-0.2, 0) is 14.3 Å². The quantitative estimate of drug-likeness (QED) is 0.338. The molecule has 7 heteroatoms. The third kappa shape index (κ3) is 9.34. The maximum absolute atomic E-state index is 11.4. The minimum Gasteiger partial charge on any atom is -0.394 e. The third-order valence-corrected chi connectivity index (χ3v) is 5.03. The highest BCUT2D eigenvalue weighted by molar-refractivity contribution is 5.73. The second-order valence-corrected chi connectivity index (χ2v) is 7.49. The number of hydrogen-bond acceptors (Lipinski definition) is 6. The van der Waals surface area contributed by atoms with Crippen molar-refractivity contribution in [3.8, 4) is 0 Å². The van der Waals surface area contributed by atoms with Crippen molar-refractivity contribution in [1.82, 2.24) is 5.32 Å². The molecule has 1 aliphatic heterocycles. The van der Waals surface area contributed by atoms with Crippen LogP contribution in [0.2, 0.25) is 0 Å². The Kier molecular flexibility index (Phi) is 12.9. The van der Waals surface area contributed by atoms with Crippen LogP contribution < -0.4 is 5.32 Å². The molecule has 0 aliphatic carbocycles. The normalized spacial score (nSPS) is 28.3. The average molecular weight is 390 g/mol. The lowest BCUT2D eigenvalue weighted by molar-refractivity contribution is -0.270. The summed E-state index contributed by atoms with van der Waals surface area (Å²) >= 11 is 0. The van der Waals surface area contributed by atoms with Gasteiger partial charge in [0.15, 0.2) is 6.29 Å². The summed E-state index contributed by atoms with van der Waals surface area (Å²) < 4.78 is 11.2. The molecule has 0 bridgehead atoms. The Morgan fingerprint density at radius 3 is 2.04 bits per heavy atom. The fourth-order valence-electron chi connectivity index (χ4n) is 3.40. The van der Waals surface area contributed by atoms with E-state index in [-0.39, 0.29) is 5.91 Å². The zero-order valence-corrected chi connectivity index (χ0v) is 16.9. The number of rotatable bonds is 14. The lowest BCUT2D eigenvalue weighted by Gasteiger charge is -2.42. The molecular formula is C20H39NO6. The molecular weight excluding hydrogens is 350 g/mol. The van der Waals surface area contributed by atoms with E-state index in [0.717, 1.165) is 12.8 Å². The molecule has 5 atom stereocenters. The predicted octanol–water partition coefficient (Wildman–Crippen LogP) is 1.87. The molecule has 1 fully saturated rings. The molecule has 27 heavy (non-hydrogen) atoms. The lowest BCUT2D eigenvalue weighted by atomic mass is 9.97. The number of carbonyl (C=O) groups excluding carboxylic acids is 1. The van der Waals surface area contributed by atoms with Crippen LogP contribution in [-0.4, -0.2) is 65.1 Å². The van der Waals surface area contributed by atoms with Gasteiger partial charge in [0.05, 0.1) is 6.61 Å². The number of aliphatic hydroxyl groups is 3. The summed E-state index contributed by atoms with van der Waals surface area (Å²) in [5.41, 5.74) is 0. The highest BCUT2D eigenvalue weighted by atomic mass is 16.7. The van der Waals surface area contributed by atoms with Crippen LogP contribution in [0.25, 0.3) is 0 Å². The van der Waals surface area contributed by atoms with E-state index < -0.39 is 37.3 Å². The number of hydrogen-bond donors (Lipinski definition) is 4. The second kappa shape index (κ2) is 14.3. The first-order chi connectivity index (χ1) is 13.0. The molecule has 7 nitrogen and oxygen atoms in total. The van der Waals surface area contributed by atoms with Gasteiger partial charge in [0.2, 0.25) is 5.91 Å². The Labute approximate surface area is 163 Å². The third-order valence-electron chi connectivity index (χ3n) is 5.03. The largest absolute Gasteiger partial charge is 0.394 e. The van der Waals surface area contributed by atoms with Gasteiger partial charge in [0, 0.05) is 13.5 Å². The Morgan fingerprint density at radius 2 is 1.52 bits per heavy atom. The highest BCUT2D eigenvalue weighted by Gasteiger charge is 2.45. The number of carbonyl (C=O) groups is 1. The standard InChI is InChI=1S/C20H39NO6/c1-3-4-5-6-7-8-9-10-11-12-13-26-20-17(21-15(2)23)19(25)18(24)16(14-22)27-20/h16-20,22,24-25H,3-14H2,1-2H3,(H,21,23)/t16-,17-,18+,19-,20+/m0/s1. The Bertz CT molecular complexity index is 395. The molecule has 1 rings (SSSR count). The minimum absolute atomic E-state index is 0.343. The first-order valence-corrected chi connectivity index (χ1v) is 10.5. The zero-order valence-electron chi connectivity index (χ0n) is 16.9. The van der Waals surface area contributed by atoms with Gasteiger partial charge in [-0.2, -0.15) is 0 Å². The van der Waals surface area contributed by atoms with Crippen molar-refractivity contribution in [2.75, 3.05) is 13.2 Å². The number of ether oxygens (including phenoxy) is 2. The first kappa shape index (κ1) is 24.3. The maximum Gasteiger partial charge on any atom is 0.217 e. The van der Waals surface area contributed by atoms with E-state index in [0.29, 0.717) is 6.61 Å². The fraction of sp³-hybridized carbons (Fsp3) is 0.950. The Morgan fingerprint density at radius 1 is 0.963 bits per heavy atom. The van der Waals surface area contributed by atoms with E-state index in [2.05, 4.69) is 12.2 Å². The van der Waals surface area contributed by atoms with E-state index in [4.69, 9.17) is 9.47 Å². The van der Waals surface area contributed by atoms with Gasteiger partial charge >= 0.3 is 0 Å². The monoisotopic (exact) mass is 389 g/mol. The topological polar surface area (TPSA) is 108 Å². The molecule has 0 spiro atoms. The van der Waals surface area contributed by atoms with Gasteiger partial charge in [0.25, 0.3) is 0 Å². The van der Waals surface area contributed by atoms with E-state index in [9.17, 15) is 20.1 Å². The summed E-state index contributed by atoms with van der Waals surface area (Å²) in [7, 11) is 0. The Balaban J connectivity index is 2.23. The number of amides is 1. The smallest absolute Gasteiger partial charge is 0.217 e. The lowest BCUT2D eigenvalue weighted by Crippen LogP contribution is -2.64. The van der Waals surface area contributed by atoms with Crippen molar-refractivity contribution in [1.29, 1.82) is 0 Å². The predicted molar refractivity (Wildman–Crippen MR) is 103 cm³/mol. The van der Waals surface area contributed by atoms with Crippen molar-refractivity contribution >= 4 is 5.91 Å². The van der Waals surface area contributed by atoms with Crippen LogP contribution in [0.5, 0.6) is 0 Å². The van der Waals surface area contributed by atoms with E-state index in [1.807, 2.05) is 0 Å². The van der Waals surface area contributed by atoms with Crippen LogP contribution in [0, 0.1) is 0 Å². The molecule has 4 N–H and O–H groups in total. The van der Waals surface area contributed by atoms with Crippen molar-refractivity contribution in [3.05, 3.63) is 0 Å². The summed E-state index contributed by atoms with van der Waals surface area (Å²) in [6.07, 6.45) is 7.87. The summed E-state index contributed by atoms with van der Waals surface area (Å²) in [6.45, 7) is 3.57. The summed E-state index contributed by atoms with van der Waals surface area (Å²) in [4.78, 5) is 11.4. The van der Waals surface area contributed by atoms with Crippen LogP contribution in [0.15, 0.2) is 0 Å². The molecule has 1 aliphatic rings. The molecule has 0 radical (unpaired) electrons. The SMILES string of the molecule is CCCCCCCCCCCCO[C@@H]1O[C@@H](CO)[C@@H](O)[C@@H](O)[C@@H]1NC(C)=O. The van der Waals surface area contributed by atoms with E-state index in [1.54, 1.807) is 0 Å². The Hall–Kier alpha value is -0.730. The molecule has 1 heterocycles. The number of aliphatic hydroxyl groups excluding tert-OH is 3. The van der Waals surface area contributed by atoms with Crippen molar-refractivity contribution < 1.29 is 29.6 Å². The minimum atomic E-state index is -1.27. The van der Waals surface area contributed by atoms with Gasteiger partial charge in [-0.1, -0.05) is 64.7 Å². The van der Waals surface area contributed by atoms with Gasteiger partial charge in [0.1, 0.15) is 24.4 Å². The first-order valence-electron chi connectivity index (χ1n) is 10.5. The fourth-order valence-corrected chi connectivity index (χ4v) is 3.40. The molecule has 0 aromatic carbocycles. The van der Waals surface area contributed by atoms with E-state index in [1.165, 1.54) is 58.3 Å². The van der Waals surface area contributed by atoms with Gasteiger partial charge in [-0.25, -0.2) is 0 Å².